The predicted octanol–water partition coefficient (Wildman–Crippen LogP) is 2.41. The third kappa shape index (κ3) is 7.50. The number of benzene rings is 1. The lowest BCUT2D eigenvalue weighted by molar-refractivity contribution is 0.0963. The van der Waals surface area contributed by atoms with Crippen molar-refractivity contribution in [2.24, 2.45) is 4.99 Å². The number of carbonyl (C=O) groups excluding carboxylic acids is 1. The number of guanidine groups is 1. The molecule has 1 aromatic carbocycles. The average Bonchev–Trinajstić information content (AvgIpc) is 2.75. The average molecular weight is 388 g/mol. The van der Waals surface area contributed by atoms with Gasteiger partial charge in [0, 0.05) is 38.8 Å². The van der Waals surface area contributed by atoms with Crippen LogP contribution in [0.4, 0.5) is 0 Å². The van der Waals surface area contributed by atoms with E-state index in [0.29, 0.717) is 5.56 Å². The van der Waals surface area contributed by atoms with Crippen molar-refractivity contribution in [3.8, 4) is 0 Å². The first-order valence-corrected chi connectivity index (χ1v) is 10.6. The number of carbonyl (C=O) groups is 1. The van der Waals surface area contributed by atoms with E-state index in [1.807, 2.05) is 24.3 Å². The maximum atomic E-state index is 11.7. The molecule has 0 radical (unpaired) electrons. The van der Waals surface area contributed by atoms with Crippen LogP contribution in [-0.2, 0) is 6.42 Å². The van der Waals surface area contributed by atoms with Gasteiger partial charge in [-0.15, -0.1) is 0 Å². The molecular weight excluding hydrogens is 350 g/mol. The van der Waals surface area contributed by atoms with Gasteiger partial charge in [0.15, 0.2) is 5.96 Å². The molecule has 0 aliphatic heterocycles. The van der Waals surface area contributed by atoms with Crippen molar-refractivity contribution in [1.29, 1.82) is 0 Å². The third-order valence-electron chi connectivity index (χ3n) is 5.52. The molecular formula is C22H37N5O. The van der Waals surface area contributed by atoms with Crippen molar-refractivity contribution in [3.05, 3.63) is 35.4 Å². The Kier molecular flexibility index (Phi) is 9.83. The molecule has 156 valence electrons. The Labute approximate surface area is 170 Å². The molecule has 1 aromatic rings. The summed E-state index contributed by atoms with van der Waals surface area (Å²) in [6, 6.07) is 8.52. The van der Waals surface area contributed by atoms with Crippen LogP contribution in [0.3, 0.4) is 0 Å². The fourth-order valence-electron chi connectivity index (χ4n) is 3.80. The van der Waals surface area contributed by atoms with Crippen LogP contribution >= 0.6 is 0 Å². The van der Waals surface area contributed by atoms with E-state index in [2.05, 4.69) is 32.9 Å². The second-order valence-electron chi connectivity index (χ2n) is 7.58. The molecule has 1 fully saturated rings. The number of amides is 1. The SMILES string of the molecule is CN=C(NCCCN(C)C1CCCCC1)NCCc1cccc(C(=O)NC)c1. The summed E-state index contributed by atoms with van der Waals surface area (Å²) in [5.74, 6) is 0.785. The lowest BCUT2D eigenvalue weighted by atomic mass is 9.94. The summed E-state index contributed by atoms with van der Waals surface area (Å²) in [4.78, 5) is 18.6. The van der Waals surface area contributed by atoms with E-state index in [9.17, 15) is 4.79 Å². The Morgan fingerprint density at radius 3 is 2.64 bits per heavy atom. The second kappa shape index (κ2) is 12.4. The maximum absolute atomic E-state index is 11.7. The van der Waals surface area contributed by atoms with Crippen LogP contribution in [0.2, 0.25) is 0 Å². The Balaban J connectivity index is 1.64. The quantitative estimate of drug-likeness (QED) is 0.346. The number of nitrogens with one attached hydrogen (secondary N) is 3. The zero-order chi connectivity index (χ0) is 20.2. The van der Waals surface area contributed by atoms with Gasteiger partial charge in [-0.05, 0) is 57.0 Å². The first-order valence-electron chi connectivity index (χ1n) is 10.6. The largest absolute Gasteiger partial charge is 0.356 e. The van der Waals surface area contributed by atoms with E-state index in [1.165, 1.54) is 32.1 Å². The van der Waals surface area contributed by atoms with Gasteiger partial charge in [0.1, 0.15) is 0 Å². The van der Waals surface area contributed by atoms with Gasteiger partial charge in [0.2, 0.25) is 0 Å². The normalized spacial score (nSPS) is 15.5. The summed E-state index contributed by atoms with van der Waals surface area (Å²) in [6.45, 7) is 2.82. The number of hydrogen-bond acceptors (Lipinski definition) is 3. The zero-order valence-electron chi connectivity index (χ0n) is 17.8. The van der Waals surface area contributed by atoms with Crippen LogP contribution in [0.25, 0.3) is 0 Å². The molecule has 3 N–H and O–H groups in total. The van der Waals surface area contributed by atoms with Crippen LogP contribution < -0.4 is 16.0 Å². The maximum Gasteiger partial charge on any atom is 0.251 e. The number of aliphatic imine (C=N–C) groups is 1. The highest BCUT2D eigenvalue weighted by molar-refractivity contribution is 5.94. The lowest BCUT2D eigenvalue weighted by Crippen LogP contribution is -2.40. The molecule has 6 heteroatoms. The third-order valence-corrected chi connectivity index (χ3v) is 5.52. The van der Waals surface area contributed by atoms with Crippen molar-refractivity contribution < 1.29 is 4.79 Å². The molecule has 0 heterocycles. The van der Waals surface area contributed by atoms with Crippen molar-refractivity contribution in [3.63, 3.8) is 0 Å². The lowest BCUT2D eigenvalue weighted by Gasteiger charge is -2.31. The summed E-state index contributed by atoms with van der Waals surface area (Å²) in [6.07, 6.45) is 8.84. The molecule has 0 spiro atoms. The molecule has 1 amide bonds. The highest BCUT2D eigenvalue weighted by Crippen LogP contribution is 2.21. The van der Waals surface area contributed by atoms with E-state index in [1.54, 1.807) is 14.1 Å². The van der Waals surface area contributed by atoms with Gasteiger partial charge < -0.3 is 20.9 Å². The van der Waals surface area contributed by atoms with E-state index < -0.39 is 0 Å². The molecule has 0 unspecified atom stereocenters. The smallest absolute Gasteiger partial charge is 0.251 e. The molecule has 1 aliphatic rings. The Bertz CT molecular complexity index is 625. The molecule has 1 saturated carbocycles. The van der Waals surface area contributed by atoms with Crippen LogP contribution in [0, 0.1) is 0 Å². The molecule has 28 heavy (non-hydrogen) atoms. The van der Waals surface area contributed by atoms with E-state index >= 15 is 0 Å². The summed E-state index contributed by atoms with van der Waals surface area (Å²) in [5.41, 5.74) is 1.84. The first-order chi connectivity index (χ1) is 13.6. The predicted molar refractivity (Wildman–Crippen MR) is 117 cm³/mol. The number of rotatable bonds is 9. The fraction of sp³-hybridized carbons (Fsp3) is 0.636. The molecule has 6 nitrogen and oxygen atoms in total. The van der Waals surface area contributed by atoms with Gasteiger partial charge in [0.05, 0.1) is 0 Å². The van der Waals surface area contributed by atoms with Crippen LogP contribution in [0.5, 0.6) is 0 Å². The van der Waals surface area contributed by atoms with E-state index in [0.717, 1.165) is 50.0 Å². The monoisotopic (exact) mass is 387 g/mol. The summed E-state index contributed by atoms with van der Waals surface area (Å²) >= 11 is 0. The standard InChI is InChI=1S/C22H37N5O/c1-23-21(28)19-10-7-9-18(17-19)13-15-26-22(24-2)25-14-8-16-27(3)20-11-5-4-6-12-20/h7,9-10,17,20H,4-6,8,11-16H2,1-3H3,(H,23,28)(H2,24,25,26). The minimum absolute atomic E-state index is 0.0505. The summed E-state index contributed by atoms with van der Waals surface area (Å²) < 4.78 is 0. The molecule has 2 rings (SSSR count). The van der Waals surface area contributed by atoms with Gasteiger partial charge in [0.25, 0.3) is 5.91 Å². The molecule has 0 saturated heterocycles. The minimum Gasteiger partial charge on any atom is -0.356 e. The van der Waals surface area contributed by atoms with Crippen molar-refractivity contribution >= 4 is 11.9 Å². The molecule has 0 atom stereocenters. The van der Waals surface area contributed by atoms with Crippen molar-refractivity contribution in [2.75, 3.05) is 40.8 Å². The van der Waals surface area contributed by atoms with Gasteiger partial charge in [-0.2, -0.15) is 0 Å². The molecule has 1 aliphatic carbocycles. The summed E-state index contributed by atoms with van der Waals surface area (Å²) in [5, 5.41) is 9.42. The second-order valence-corrected chi connectivity index (χ2v) is 7.58. The molecule has 0 bridgehead atoms. The highest BCUT2D eigenvalue weighted by atomic mass is 16.1. The van der Waals surface area contributed by atoms with Gasteiger partial charge in [-0.25, -0.2) is 0 Å². The highest BCUT2D eigenvalue weighted by Gasteiger charge is 2.17. The van der Waals surface area contributed by atoms with Crippen LogP contribution in [0.15, 0.2) is 29.3 Å². The van der Waals surface area contributed by atoms with E-state index in [4.69, 9.17) is 0 Å². The number of hydrogen-bond donors (Lipinski definition) is 3. The van der Waals surface area contributed by atoms with Gasteiger partial charge in [-0.1, -0.05) is 31.4 Å². The van der Waals surface area contributed by atoms with Crippen LogP contribution in [0.1, 0.15) is 54.4 Å². The Morgan fingerprint density at radius 1 is 1.18 bits per heavy atom. The van der Waals surface area contributed by atoms with E-state index in [-0.39, 0.29) is 5.91 Å². The summed E-state index contributed by atoms with van der Waals surface area (Å²) in [7, 11) is 5.71. The van der Waals surface area contributed by atoms with Crippen LogP contribution in [-0.4, -0.2) is 63.6 Å². The van der Waals surface area contributed by atoms with Crippen molar-refractivity contribution in [2.45, 2.75) is 51.0 Å². The topological polar surface area (TPSA) is 68.8 Å². The van der Waals surface area contributed by atoms with Gasteiger partial charge in [-0.3, -0.25) is 9.79 Å². The fourth-order valence-corrected chi connectivity index (χ4v) is 3.80. The zero-order valence-corrected chi connectivity index (χ0v) is 17.8. The first kappa shape index (κ1) is 22.2. The van der Waals surface area contributed by atoms with Gasteiger partial charge >= 0.3 is 0 Å². The van der Waals surface area contributed by atoms with Crippen molar-refractivity contribution in [1.82, 2.24) is 20.9 Å². The minimum atomic E-state index is -0.0505. The Morgan fingerprint density at radius 2 is 1.93 bits per heavy atom. The molecule has 0 aromatic heterocycles. The number of nitrogens with zero attached hydrogens (tertiary/aromatic N) is 2. The Hall–Kier alpha value is -2.08.